The molecule has 1 atom stereocenters. The Morgan fingerprint density at radius 3 is 2.67 bits per heavy atom. The average molecular weight is 377 g/mol. The Bertz CT molecular complexity index is 928. The monoisotopic (exact) mass is 377 g/mol. The third-order valence-electron chi connectivity index (χ3n) is 3.60. The fourth-order valence-corrected chi connectivity index (χ4v) is 2.31. The molecule has 1 heterocycles. The van der Waals surface area contributed by atoms with E-state index in [9.17, 15) is 18.0 Å². The largest absolute Gasteiger partial charge is 0.481 e. The number of amides is 1. The van der Waals surface area contributed by atoms with Crippen LogP contribution in [0, 0.1) is 0 Å². The van der Waals surface area contributed by atoms with Crippen molar-refractivity contribution in [3.8, 4) is 11.4 Å². The molecule has 0 aliphatic carbocycles. The molecule has 0 fully saturated rings. The molecule has 0 radical (unpaired) electrons. The van der Waals surface area contributed by atoms with Crippen LogP contribution in [0.25, 0.3) is 5.69 Å². The first-order valence-electron chi connectivity index (χ1n) is 7.82. The molecule has 10 heteroatoms. The maximum Gasteiger partial charge on any atom is 0.418 e. The van der Waals surface area contributed by atoms with Crippen LogP contribution in [0.2, 0.25) is 0 Å². The number of benzene rings is 2. The predicted molar refractivity (Wildman–Crippen MR) is 89.3 cm³/mol. The number of carbonyl (C=O) groups is 1. The van der Waals surface area contributed by atoms with Gasteiger partial charge < -0.3 is 10.1 Å². The van der Waals surface area contributed by atoms with Gasteiger partial charge in [-0.15, -0.1) is 5.10 Å². The lowest BCUT2D eigenvalue weighted by molar-refractivity contribution is -0.137. The second kappa shape index (κ2) is 7.44. The van der Waals surface area contributed by atoms with E-state index in [0.29, 0.717) is 11.4 Å². The number of nitrogens with zero attached hydrogens (tertiary/aromatic N) is 4. The van der Waals surface area contributed by atoms with Crippen LogP contribution in [-0.4, -0.2) is 32.2 Å². The van der Waals surface area contributed by atoms with Gasteiger partial charge in [0.25, 0.3) is 5.91 Å². The van der Waals surface area contributed by atoms with E-state index in [1.165, 1.54) is 36.1 Å². The molecular weight excluding hydrogens is 363 g/mol. The van der Waals surface area contributed by atoms with Crippen molar-refractivity contribution < 1.29 is 22.7 Å². The van der Waals surface area contributed by atoms with E-state index in [1.807, 2.05) is 0 Å². The van der Waals surface area contributed by atoms with E-state index in [2.05, 4.69) is 20.8 Å². The molecule has 27 heavy (non-hydrogen) atoms. The number of nitrogens with one attached hydrogen (secondary N) is 1. The van der Waals surface area contributed by atoms with Crippen LogP contribution in [0.15, 0.2) is 54.9 Å². The number of carbonyl (C=O) groups excluding carboxylic acids is 1. The Balaban J connectivity index is 1.71. The Hall–Kier alpha value is -3.43. The normalized spacial score (nSPS) is 12.4. The van der Waals surface area contributed by atoms with Crippen molar-refractivity contribution in [2.45, 2.75) is 19.2 Å². The van der Waals surface area contributed by atoms with Crippen molar-refractivity contribution in [2.24, 2.45) is 0 Å². The zero-order valence-electron chi connectivity index (χ0n) is 14.0. The molecule has 3 aromatic rings. The number of tetrazole rings is 1. The van der Waals surface area contributed by atoms with Gasteiger partial charge in [-0.2, -0.15) is 13.2 Å². The smallest absolute Gasteiger partial charge is 0.418 e. The van der Waals surface area contributed by atoms with Crippen LogP contribution in [0.5, 0.6) is 5.75 Å². The van der Waals surface area contributed by atoms with E-state index >= 15 is 0 Å². The van der Waals surface area contributed by atoms with Gasteiger partial charge in [0.1, 0.15) is 12.1 Å². The van der Waals surface area contributed by atoms with Gasteiger partial charge in [0.2, 0.25) is 0 Å². The topological polar surface area (TPSA) is 81.9 Å². The predicted octanol–water partition coefficient (Wildman–Crippen LogP) is 3.09. The summed E-state index contributed by atoms with van der Waals surface area (Å²) in [6.07, 6.45) is -4.22. The molecule has 140 valence electrons. The van der Waals surface area contributed by atoms with Gasteiger partial charge in [-0.25, -0.2) is 4.68 Å². The van der Waals surface area contributed by atoms with Crippen LogP contribution in [0.4, 0.5) is 18.9 Å². The van der Waals surface area contributed by atoms with Crippen molar-refractivity contribution in [1.29, 1.82) is 0 Å². The van der Waals surface area contributed by atoms with Gasteiger partial charge in [-0.05, 0) is 41.6 Å². The molecule has 1 amide bonds. The van der Waals surface area contributed by atoms with Crippen molar-refractivity contribution in [3.63, 3.8) is 0 Å². The summed E-state index contributed by atoms with van der Waals surface area (Å²) in [6.45, 7) is 1.44. The van der Waals surface area contributed by atoms with Gasteiger partial charge in [-0.3, -0.25) is 4.79 Å². The molecule has 3 rings (SSSR count). The molecule has 1 aromatic heterocycles. The summed E-state index contributed by atoms with van der Waals surface area (Å²) < 4.78 is 46.0. The molecule has 7 nitrogen and oxygen atoms in total. The minimum Gasteiger partial charge on any atom is -0.481 e. The SMILES string of the molecule is CC(Oc1cccc(-n2cnnn2)c1)C(=O)Nc1ccccc1C(F)(F)F. The Kier molecular flexibility index (Phi) is 5.06. The quantitative estimate of drug-likeness (QED) is 0.739. The van der Waals surface area contributed by atoms with E-state index in [4.69, 9.17) is 4.74 Å². The highest BCUT2D eigenvalue weighted by molar-refractivity contribution is 5.94. The number of halogens is 3. The fourth-order valence-electron chi connectivity index (χ4n) is 2.31. The zero-order valence-corrected chi connectivity index (χ0v) is 14.0. The summed E-state index contributed by atoms with van der Waals surface area (Å²) >= 11 is 0. The Morgan fingerprint density at radius 1 is 1.19 bits per heavy atom. The number of aromatic nitrogens is 4. The highest BCUT2D eigenvalue weighted by Gasteiger charge is 2.34. The molecule has 0 spiro atoms. The lowest BCUT2D eigenvalue weighted by Crippen LogP contribution is -2.31. The third kappa shape index (κ3) is 4.40. The van der Waals surface area contributed by atoms with Crippen LogP contribution < -0.4 is 10.1 Å². The van der Waals surface area contributed by atoms with E-state index in [-0.39, 0.29) is 5.69 Å². The van der Waals surface area contributed by atoms with Gasteiger partial charge in [0.15, 0.2) is 6.10 Å². The number of alkyl halides is 3. The van der Waals surface area contributed by atoms with Gasteiger partial charge in [-0.1, -0.05) is 18.2 Å². The second-order valence-electron chi connectivity index (χ2n) is 5.54. The van der Waals surface area contributed by atoms with Crippen molar-refractivity contribution in [3.05, 3.63) is 60.4 Å². The molecule has 1 N–H and O–H groups in total. The number of ether oxygens (including phenoxy) is 1. The second-order valence-corrected chi connectivity index (χ2v) is 5.54. The first kappa shape index (κ1) is 18.4. The van der Waals surface area contributed by atoms with Crippen molar-refractivity contribution in [1.82, 2.24) is 20.2 Å². The molecule has 2 aromatic carbocycles. The van der Waals surface area contributed by atoms with Crippen molar-refractivity contribution in [2.75, 3.05) is 5.32 Å². The van der Waals surface area contributed by atoms with Crippen LogP contribution in [0.3, 0.4) is 0 Å². The third-order valence-corrected chi connectivity index (χ3v) is 3.60. The Labute approximate surface area is 151 Å². The lowest BCUT2D eigenvalue weighted by atomic mass is 10.1. The van der Waals surface area contributed by atoms with Crippen LogP contribution in [-0.2, 0) is 11.0 Å². The summed E-state index contributed by atoms with van der Waals surface area (Å²) in [5.74, 6) is -0.366. The minimum absolute atomic E-state index is 0.326. The molecule has 0 saturated carbocycles. The number of hydrogen-bond acceptors (Lipinski definition) is 5. The van der Waals surface area contributed by atoms with E-state index in [1.54, 1.807) is 24.3 Å². The maximum atomic E-state index is 13.0. The molecular formula is C17H14F3N5O2. The fraction of sp³-hybridized carbons (Fsp3) is 0.176. The summed E-state index contributed by atoms with van der Waals surface area (Å²) in [5.41, 5.74) is -0.647. The van der Waals surface area contributed by atoms with Gasteiger partial charge in [0.05, 0.1) is 16.9 Å². The Morgan fingerprint density at radius 2 is 1.96 bits per heavy atom. The lowest BCUT2D eigenvalue weighted by Gasteiger charge is -2.17. The van der Waals surface area contributed by atoms with Crippen LogP contribution >= 0.6 is 0 Å². The molecule has 0 saturated heterocycles. The minimum atomic E-state index is -4.58. The maximum absolute atomic E-state index is 13.0. The molecule has 0 aliphatic rings. The summed E-state index contributed by atoms with van der Waals surface area (Å²) in [4.78, 5) is 12.3. The van der Waals surface area contributed by atoms with Gasteiger partial charge >= 0.3 is 6.18 Å². The van der Waals surface area contributed by atoms with Crippen LogP contribution in [0.1, 0.15) is 12.5 Å². The summed E-state index contributed by atoms with van der Waals surface area (Å²) in [5, 5.41) is 13.1. The number of rotatable bonds is 5. The van der Waals surface area contributed by atoms with E-state index < -0.39 is 23.8 Å². The standard InChI is InChI=1S/C17H14F3N5O2/c1-11(16(26)22-15-8-3-2-7-14(15)17(18,19)20)27-13-6-4-5-12(9-13)25-10-21-23-24-25/h2-11H,1H3,(H,22,26). The summed E-state index contributed by atoms with van der Waals surface area (Å²) in [7, 11) is 0. The molecule has 1 unspecified atom stereocenters. The van der Waals surface area contributed by atoms with E-state index in [0.717, 1.165) is 6.07 Å². The number of para-hydroxylation sites is 1. The number of hydrogen-bond donors (Lipinski definition) is 1. The first-order valence-corrected chi connectivity index (χ1v) is 7.82. The molecule has 0 bridgehead atoms. The van der Waals surface area contributed by atoms with Gasteiger partial charge in [0, 0.05) is 6.07 Å². The highest BCUT2D eigenvalue weighted by Crippen LogP contribution is 2.34. The highest BCUT2D eigenvalue weighted by atomic mass is 19.4. The molecule has 0 aliphatic heterocycles. The average Bonchev–Trinajstić information content (AvgIpc) is 3.16. The zero-order chi connectivity index (χ0) is 19.4. The summed E-state index contributed by atoms with van der Waals surface area (Å²) in [6, 6.07) is 11.4. The van der Waals surface area contributed by atoms with Crippen molar-refractivity contribution >= 4 is 11.6 Å². The number of anilines is 1. The first-order chi connectivity index (χ1) is 12.8.